The zero-order chi connectivity index (χ0) is 14.2. The molecule has 1 aromatic rings. The van der Waals surface area contributed by atoms with Crippen LogP contribution in [0.15, 0.2) is 22.7 Å². The van der Waals surface area contributed by atoms with Crippen LogP contribution < -0.4 is 10.6 Å². The van der Waals surface area contributed by atoms with Gasteiger partial charge in [-0.05, 0) is 25.1 Å². The number of hydrogen-bond acceptors (Lipinski definition) is 4. The Labute approximate surface area is 127 Å². The van der Waals surface area contributed by atoms with E-state index in [9.17, 15) is 8.42 Å². The summed E-state index contributed by atoms with van der Waals surface area (Å²) in [5.74, 6) is 0.337. The molecule has 104 valence electrons. The smallest absolute Gasteiger partial charge is 0.154 e. The molecule has 0 aromatic heterocycles. The first-order valence-corrected chi connectivity index (χ1v) is 8.89. The number of benzene rings is 1. The fraction of sp³-hybridized carbons (Fsp3) is 0.417. The molecule has 1 aliphatic rings. The number of nitrogens with two attached hydrogens (primary N) is 1. The van der Waals surface area contributed by atoms with Gasteiger partial charge in [0, 0.05) is 28.3 Å². The van der Waals surface area contributed by atoms with Crippen molar-refractivity contribution in [1.29, 1.82) is 0 Å². The molecule has 0 bridgehead atoms. The van der Waals surface area contributed by atoms with Gasteiger partial charge < -0.3 is 10.6 Å². The Balaban J connectivity index is 2.40. The lowest BCUT2D eigenvalue weighted by molar-refractivity contribution is 0.568. The van der Waals surface area contributed by atoms with Crippen molar-refractivity contribution in [2.45, 2.75) is 13.0 Å². The van der Waals surface area contributed by atoms with E-state index in [-0.39, 0.29) is 17.5 Å². The van der Waals surface area contributed by atoms with E-state index in [4.69, 9.17) is 18.0 Å². The molecule has 4 nitrogen and oxygen atoms in total. The minimum atomic E-state index is -2.93. The summed E-state index contributed by atoms with van der Waals surface area (Å²) in [5.41, 5.74) is 7.43. The van der Waals surface area contributed by atoms with Crippen LogP contribution in [0.3, 0.4) is 0 Å². The molecule has 19 heavy (non-hydrogen) atoms. The highest BCUT2D eigenvalue weighted by atomic mass is 79.9. The third kappa shape index (κ3) is 3.27. The van der Waals surface area contributed by atoms with Crippen LogP contribution in [0.4, 0.5) is 5.69 Å². The largest absolute Gasteiger partial charge is 0.389 e. The summed E-state index contributed by atoms with van der Waals surface area (Å²) < 4.78 is 24.2. The van der Waals surface area contributed by atoms with E-state index in [0.717, 1.165) is 15.7 Å². The van der Waals surface area contributed by atoms with Gasteiger partial charge in [-0.1, -0.05) is 28.1 Å². The number of halogens is 1. The Bertz CT molecular complexity index is 616. The van der Waals surface area contributed by atoms with Crippen LogP contribution in [0.5, 0.6) is 0 Å². The Kier molecular flexibility index (Phi) is 4.17. The quantitative estimate of drug-likeness (QED) is 0.811. The summed E-state index contributed by atoms with van der Waals surface area (Å²) in [6.07, 6.45) is 0. The van der Waals surface area contributed by atoms with Gasteiger partial charge >= 0.3 is 0 Å². The minimum Gasteiger partial charge on any atom is -0.389 e. The van der Waals surface area contributed by atoms with Gasteiger partial charge in [0.05, 0.1) is 11.5 Å². The van der Waals surface area contributed by atoms with Crippen molar-refractivity contribution in [3.05, 3.63) is 28.2 Å². The Morgan fingerprint density at radius 3 is 2.79 bits per heavy atom. The maximum Gasteiger partial charge on any atom is 0.154 e. The van der Waals surface area contributed by atoms with Gasteiger partial charge in [0.25, 0.3) is 0 Å². The second-order valence-corrected chi connectivity index (χ2v) is 8.27. The van der Waals surface area contributed by atoms with Crippen molar-refractivity contribution in [2.24, 2.45) is 5.73 Å². The van der Waals surface area contributed by atoms with Crippen LogP contribution >= 0.6 is 28.1 Å². The van der Waals surface area contributed by atoms with Gasteiger partial charge in [0.15, 0.2) is 9.84 Å². The summed E-state index contributed by atoms with van der Waals surface area (Å²) in [6.45, 7) is 2.38. The lowest BCUT2D eigenvalue weighted by Crippen LogP contribution is -2.47. The summed E-state index contributed by atoms with van der Waals surface area (Å²) in [7, 11) is -2.93. The predicted molar refractivity (Wildman–Crippen MR) is 85.5 cm³/mol. The van der Waals surface area contributed by atoms with Crippen LogP contribution in [0.25, 0.3) is 0 Å². The number of nitrogens with zero attached hydrogens (tertiary/aromatic N) is 1. The lowest BCUT2D eigenvalue weighted by Gasteiger charge is -2.36. The van der Waals surface area contributed by atoms with Gasteiger partial charge in [-0.15, -0.1) is 0 Å². The Hall–Kier alpha value is -0.660. The van der Waals surface area contributed by atoms with Crippen LogP contribution in [0, 0.1) is 0 Å². The third-order valence-electron chi connectivity index (χ3n) is 3.20. The highest BCUT2D eigenvalue weighted by molar-refractivity contribution is 9.10. The molecule has 1 aromatic carbocycles. The van der Waals surface area contributed by atoms with E-state index in [1.165, 1.54) is 0 Å². The van der Waals surface area contributed by atoms with Crippen molar-refractivity contribution < 1.29 is 8.42 Å². The Morgan fingerprint density at radius 2 is 2.21 bits per heavy atom. The molecule has 1 heterocycles. The predicted octanol–water partition coefficient (Wildman–Crippen LogP) is 1.71. The van der Waals surface area contributed by atoms with Gasteiger partial charge in [0.2, 0.25) is 0 Å². The van der Waals surface area contributed by atoms with Gasteiger partial charge in [-0.25, -0.2) is 8.42 Å². The van der Waals surface area contributed by atoms with E-state index in [0.29, 0.717) is 11.5 Å². The van der Waals surface area contributed by atoms with Crippen LogP contribution in [-0.4, -0.2) is 37.5 Å². The van der Waals surface area contributed by atoms with Crippen LogP contribution in [-0.2, 0) is 9.84 Å². The average molecular weight is 363 g/mol. The molecule has 1 unspecified atom stereocenters. The molecule has 1 fully saturated rings. The molecular weight excluding hydrogens is 348 g/mol. The fourth-order valence-corrected chi connectivity index (χ4v) is 4.39. The molecule has 1 saturated heterocycles. The second-order valence-electron chi connectivity index (χ2n) is 4.68. The van der Waals surface area contributed by atoms with E-state index in [2.05, 4.69) is 20.8 Å². The monoisotopic (exact) mass is 362 g/mol. The molecule has 7 heteroatoms. The first-order valence-electron chi connectivity index (χ1n) is 5.86. The normalized spacial score (nSPS) is 22.2. The zero-order valence-corrected chi connectivity index (χ0v) is 13.7. The molecule has 1 aliphatic heterocycles. The zero-order valence-electron chi connectivity index (χ0n) is 10.5. The molecule has 0 spiro atoms. The van der Waals surface area contributed by atoms with E-state index < -0.39 is 9.84 Å². The average Bonchev–Trinajstić information content (AvgIpc) is 2.28. The summed E-state index contributed by atoms with van der Waals surface area (Å²) in [4.78, 5) is 2.37. The summed E-state index contributed by atoms with van der Waals surface area (Å²) in [6, 6.07) is 5.63. The van der Waals surface area contributed by atoms with E-state index >= 15 is 0 Å². The van der Waals surface area contributed by atoms with Gasteiger partial charge in [-0.3, -0.25) is 0 Å². The van der Waals surface area contributed by atoms with Crippen molar-refractivity contribution in [2.75, 3.05) is 23.0 Å². The van der Waals surface area contributed by atoms with Gasteiger partial charge in [-0.2, -0.15) is 0 Å². The number of hydrogen-bond donors (Lipinski definition) is 1. The number of rotatable bonds is 2. The SMILES string of the molecule is CC1CS(=O)(=O)CCN1c1ccc(Br)cc1C(N)=S. The fourth-order valence-electron chi connectivity index (χ4n) is 2.31. The number of sulfone groups is 1. The Morgan fingerprint density at radius 1 is 1.53 bits per heavy atom. The lowest BCUT2D eigenvalue weighted by atomic mass is 10.1. The summed E-state index contributed by atoms with van der Waals surface area (Å²) >= 11 is 8.47. The third-order valence-corrected chi connectivity index (χ3v) is 5.71. The number of anilines is 1. The van der Waals surface area contributed by atoms with Crippen molar-refractivity contribution in [3.8, 4) is 0 Å². The van der Waals surface area contributed by atoms with Crippen LogP contribution in [0.2, 0.25) is 0 Å². The van der Waals surface area contributed by atoms with Crippen molar-refractivity contribution >= 4 is 48.7 Å². The molecule has 0 saturated carbocycles. The standard InChI is InChI=1S/C12H15BrN2O2S2/c1-8-7-19(16,17)5-4-15(8)11-3-2-9(13)6-10(11)12(14)18/h2-3,6,8H,4-5,7H2,1H3,(H2,14,18). The maximum absolute atomic E-state index is 11.6. The first kappa shape index (κ1) is 14.7. The minimum absolute atomic E-state index is 0.0759. The van der Waals surface area contributed by atoms with Crippen LogP contribution in [0.1, 0.15) is 12.5 Å². The molecule has 0 aliphatic carbocycles. The molecule has 0 radical (unpaired) electrons. The van der Waals surface area contributed by atoms with Crippen molar-refractivity contribution in [1.82, 2.24) is 0 Å². The topological polar surface area (TPSA) is 63.4 Å². The molecule has 0 amide bonds. The molecular formula is C12H15BrN2O2S2. The number of thiocarbonyl (C=S) groups is 1. The summed E-state index contributed by atoms with van der Waals surface area (Å²) in [5, 5.41) is 0. The first-order chi connectivity index (χ1) is 8.80. The highest BCUT2D eigenvalue weighted by Crippen LogP contribution is 2.28. The molecule has 2 rings (SSSR count). The van der Waals surface area contributed by atoms with Gasteiger partial charge in [0.1, 0.15) is 4.99 Å². The second kappa shape index (κ2) is 5.38. The van der Waals surface area contributed by atoms with E-state index in [1.54, 1.807) is 0 Å². The molecule has 1 atom stereocenters. The van der Waals surface area contributed by atoms with E-state index in [1.807, 2.05) is 25.1 Å². The highest BCUT2D eigenvalue weighted by Gasteiger charge is 2.29. The molecule has 2 N–H and O–H groups in total. The van der Waals surface area contributed by atoms with Crippen molar-refractivity contribution in [3.63, 3.8) is 0 Å². The maximum atomic E-state index is 11.6.